The van der Waals surface area contributed by atoms with Gasteiger partial charge in [0.1, 0.15) is 19.3 Å². The summed E-state index contributed by atoms with van der Waals surface area (Å²) in [7, 11) is -9.92. The second kappa shape index (κ2) is 69.6. The molecule has 0 radical (unpaired) electrons. The molecule has 0 aliphatic heterocycles. The van der Waals surface area contributed by atoms with Crippen LogP contribution in [-0.4, -0.2) is 96.7 Å². The van der Waals surface area contributed by atoms with Crippen LogP contribution in [0.4, 0.5) is 0 Å². The third kappa shape index (κ3) is 70.0. The largest absolute Gasteiger partial charge is 0.472 e. The Morgan fingerprint density at radius 3 is 0.854 bits per heavy atom. The lowest BCUT2D eigenvalue weighted by Crippen LogP contribution is -2.30. The number of carbonyl (C=O) groups is 4. The third-order valence-electron chi connectivity index (χ3n) is 17.4. The molecular formula is C77H146O17P2. The lowest BCUT2D eigenvalue weighted by Gasteiger charge is -2.21. The van der Waals surface area contributed by atoms with Gasteiger partial charge in [0.25, 0.3) is 0 Å². The lowest BCUT2D eigenvalue weighted by molar-refractivity contribution is -0.161. The number of ether oxygens (including phenoxy) is 4. The van der Waals surface area contributed by atoms with Crippen molar-refractivity contribution in [2.24, 2.45) is 5.92 Å². The summed E-state index contributed by atoms with van der Waals surface area (Å²) in [5.41, 5.74) is 0. The van der Waals surface area contributed by atoms with Gasteiger partial charge < -0.3 is 33.8 Å². The van der Waals surface area contributed by atoms with Crippen LogP contribution in [0.3, 0.4) is 0 Å². The van der Waals surface area contributed by atoms with Crippen LogP contribution in [0.2, 0.25) is 0 Å². The molecule has 19 heteroatoms. The Balaban J connectivity index is 5.18. The molecule has 0 heterocycles. The maximum Gasteiger partial charge on any atom is 0.472 e. The first-order valence-corrected chi connectivity index (χ1v) is 42.4. The molecule has 0 bridgehead atoms. The van der Waals surface area contributed by atoms with E-state index >= 15 is 0 Å². The maximum absolute atomic E-state index is 13.1. The molecule has 0 amide bonds. The van der Waals surface area contributed by atoms with Crippen LogP contribution in [-0.2, 0) is 65.4 Å². The van der Waals surface area contributed by atoms with Crippen molar-refractivity contribution in [1.82, 2.24) is 0 Å². The van der Waals surface area contributed by atoms with Crippen LogP contribution in [0.5, 0.6) is 0 Å². The van der Waals surface area contributed by atoms with E-state index in [1.165, 1.54) is 173 Å². The van der Waals surface area contributed by atoms with Crippen molar-refractivity contribution in [2.45, 2.75) is 400 Å². The van der Waals surface area contributed by atoms with Crippen molar-refractivity contribution >= 4 is 39.5 Å². The minimum atomic E-state index is -4.96. The number of hydrogen-bond donors (Lipinski definition) is 3. The van der Waals surface area contributed by atoms with Crippen molar-refractivity contribution in [2.75, 3.05) is 39.6 Å². The molecule has 0 spiro atoms. The molecule has 0 aromatic rings. The molecule has 2 unspecified atom stereocenters. The highest BCUT2D eigenvalue weighted by Crippen LogP contribution is 2.45. The summed E-state index contributed by atoms with van der Waals surface area (Å²) in [6.07, 6.45) is 62.2. The topological polar surface area (TPSA) is 237 Å². The highest BCUT2D eigenvalue weighted by Gasteiger charge is 2.30. The van der Waals surface area contributed by atoms with E-state index in [0.717, 1.165) is 128 Å². The van der Waals surface area contributed by atoms with E-state index in [1.54, 1.807) is 0 Å². The van der Waals surface area contributed by atoms with E-state index in [2.05, 4.69) is 58.9 Å². The first kappa shape index (κ1) is 93.5. The second-order valence-corrected chi connectivity index (χ2v) is 30.4. The zero-order chi connectivity index (χ0) is 70.5. The van der Waals surface area contributed by atoms with E-state index in [0.29, 0.717) is 25.7 Å². The highest BCUT2D eigenvalue weighted by atomic mass is 31.2. The number of phosphoric ester groups is 2. The Morgan fingerprint density at radius 2 is 0.562 bits per heavy atom. The van der Waals surface area contributed by atoms with Gasteiger partial charge >= 0.3 is 39.5 Å². The standard InChI is InChI=1S/C77H146O17P2/c1-6-9-12-15-18-20-22-24-26-27-28-29-30-31-32-34-36-38-42-47-52-57-62-76(81)94-73(67-88-75(80)61-56-51-46-41-37-35-33-25-23-21-19-16-13-10-7-2)69-92-96(85,86)90-65-71(78)64-89-95(83,84)91-68-72(66-87-74(79)60-55-50-44-17-14-11-8-3)93-77(82)63-58-53-48-43-39-40-45-49-54-59-70(4)5/h21,23,25,33,70-73,78H,6-20,22,24,26-32,34-69H2,1-5H3,(H,83,84)(H,85,86)/b23-21-,33-25-/t71-,72+,73+/m0/s1. The molecular weight excluding hydrogens is 1260 g/mol. The van der Waals surface area contributed by atoms with Gasteiger partial charge in [-0.1, -0.05) is 329 Å². The SMILES string of the molecule is CCCCCC/C=C\C=C/CCCCCCCC(=O)OC[C@H](COP(=O)(O)OC[C@@H](O)COP(=O)(O)OC[C@@H](COC(=O)CCCCCCCCC)OC(=O)CCCCCCCCCCCC(C)C)OC(=O)CCCCCCCCCCCCCCCCCCCCCCCC. The molecule has 0 aromatic carbocycles. The van der Waals surface area contributed by atoms with Crippen molar-refractivity contribution in [1.29, 1.82) is 0 Å². The predicted molar refractivity (Wildman–Crippen MR) is 391 cm³/mol. The number of rotatable bonds is 75. The Bertz CT molecular complexity index is 1930. The predicted octanol–water partition coefficient (Wildman–Crippen LogP) is 22.4. The van der Waals surface area contributed by atoms with Crippen LogP contribution >= 0.6 is 15.6 Å². The smallest absolute Gasteiger partial charge is 0.462 e. The van der Waals surface area contributed by atoms with Gasteiger partial charge in [-0.05, 0) is 57.3 Å². The maximum atomic E-state index is 13.1. The molecule has 3 N–H and O–H groups in total. The van der Waals surface area contributed by atoms with Crippen LogP contribution in [0.25, 0.3) is 0 Å². The van der Waals surface area contributed by atoms with Crippen molar-refractivity contribution < 1.29 is 80.2 Å². The highest BCUT2D eigenvalue weighted by molar-refractivity contribution is 7.47. The van der Waals surface area contributed by atoms with Gasteiger partial charge in [-0.3, -0.25) is 37.3 Å². The number of carbonyl (C=O) groups excluding carboxylic acids is 4. The van der Waals surface area contributed by atoms with Crippen LogP contribution in [0.1, 0.15) is 381 Å². The minimum absolute atomic E-state index is 0.102. The first-order valence-electron chi connectivity index (χ1n) is 39.5. The number of hydrogen-bond acceptors (Lipinski definition) is 15. The van der Waals surface area contributed by atoms with Crippen molar-refractivity contribution in [3.63, 3.8) is 0 Å². The number of unbranched alkanes of at least 4 members (excludes halogenated alkanes) is 44. The normalized spacial score (nSPS) is 14.1. The summed E-state index contributed by atoms with van der Waals surface area (Å²) in [6.45, 7) is 7.15. The number of phosphoric acid groups is 2. The molecule has 17 nitrogen and oxygen atoms in total. The average molecular weight is 1410 g/mol. The van der Waals surface area contributed by atoms with Gasteiger partial charge in [0, 0.05) is 25.7 Å². The summed E-state index contributed by atoms with van der Waals surface area (Å²) in [5, 5.41) is 10.6. The number of aliphatic hydroxyl groups excluding tert-OH is 1. The number of esters is 4. The van der Waals surface area contributed by atoms with Crippen LogP contribution < -0.4 is 0 Å². The van der Waals surface area contributed by atoms with Crippen molar-refractivity contribution in [3.8, 4) is 0 Å². The number of aliphatic hydroxyl groups is 1. The molecule has 0 saturated heterocycles. The zero-order valence-corrected chi connectivity index (χ0v) is 63.8. The fraction of sp³-hybridized carbons (Fsp3) is 0.896. The Hall–Kier alpha value is -2.46. The molecule has 0 fully saturated rings. The third-order valence-corrected chi connectivity index (χ3v) is 19.3. The van der Waals surface area contributed by atoms with E-state index in [1.807, 2.05) is 0 Å². The zero-order valence-electron chi connectivity index (χ0n) is 62.0. The minimum Gasteiger partial charge on any atom is -0.462 e. The average Bonchev–Trinajstić information content (AvgIpc) is 1.20. The van der Waals surface area contributed by atoms with E-state index in [9.17, 15) is 43.2 Å². The van der Waals surface area contributed by atoms with Gasteiger partial charge in [-0.25, -0.2) is 9.13 Å². The fourth-order valence-electron chi connectivity index (χ4n) is 11.3. The summed E-state index contributed by atoms with van der Waals surface area (Å²) < 4.78 is 68.4. The summed E-state index contributed by atoms with van der Waals surface area (Å²) >= 11 is 0. The molecule has 0 aliphatic carbocycles. The Morgan fingerprint density at radius 1 is 0.323 bits per heavy atom. The van der Waals surface area contributed by atoms with E-state index < -0.39 is 97.5 Å². The quantitative estimate of drug-likeness (QED) is 0.0169. The van der Waals surface area contributed by atoms with Gasteiger partial charge in [0.15, 0.2) is 12.2 Å². The Labute approximate surface area is 586 Å². The molecule has 566 valence electrons. The molecule has 0 saturated carbocycles. The molecule has 0 aromatic heterocycles. The lowest BCUT2D eigenvalue weighted by atomic mass is 10.0. The fourth-order valence-corrected chi connectivity index (χ4v) is 12.9. The van der Waals surface area contributed by atoms with Crippen LogP contribution in [0.15, 0.2) is 24.3 Å². The number of allylic oxidation sites excluding steroid dienone is 4. The second-order valence-electron chi connectivity index (χ2n) is 27.5. The first-order chi connectivity index (χ1) is 46.5. The van der Waals surface area contributed by atoms with Crippen LogP contribution in [0, 0.1) is 5.92 Å². The summed E-state index contributed by atoms with van der Waals surface area (Å²) in [6, 6.07) is 0. The Kier molecular flexibility index (Phi) is 67.8. The monoisotopic (exact) mass is 1410 g/mol. The van der Waals surface area contributed by atoms with Crippen molar-refractivity contribution in [3.05, 3.63) is 24.3 Å². The van der Waals surface area contributed by atoms with E-state index in [4.69, 9.17) is 37.0 Å². The van der Waals surface area contributed by atoms with Gasteiger partial charge in [-0.2, -0.15) is 0 Å². The molecule has 0 rings (SSSR count). The van der Waals surface area contributed by atoms with Gasteiger partial charge in [0.2, 0.25) is 0 Å². The molecule has 96 heavy (non-hydrogen) atoms. The van der Waals surface area contributed by atoms with E-state index in [-0.39, 0.29) is 25.7 Å². The summed E-state index contributed by atoms with van der Waals surface area (Å²) in [5.74, 6) is -1.42. The van der Waals surface area contributed by atoms with Gasteiger partial charge in [-0.15, -0.1) is 0 Å². The van der Waals surface area contributed by atoms with Gasteiger partial charge in [0.05, 0.1) is 26.4 Å². The molecule has 0 aliphatic rings. The summed E-state index contributed by atoms with van der Waals surface area (Å²) in [4.78, 5) is 72.6. The molecule has 5 atom stereocenters.